The summed E-state index contributed by atoms with van der Waals surface area (Å²) < 4.78 is 5.78. The van der Waals surface area contributed by atoms with Crippen molar-refractivity contribution in [1.29, 1.82) is 0 Å². The third-order valence-corrected chi connectivity index (χ3v) is 3.96. The lowest BCUT2D eigenvalue weighted by molar-refractivity contribution is 0.0995. The van der Waals surface area contributed by atoms with Crippen molar-refractivity contribution in [3.8, 4) is 5.75 Å². The maximum atomic E-state index is 11.1. The van der Waals surface area contributed by atoms with Gasteiger partial charge >= 0.3 is 0 Å². The number of carbonyl (C=O) groups excluding carboxylic acids is 1. The van der Waals surface area contributed by atoms with E-state index in [1.807, 2.05) is 0 Å². The number of anilines is 1. The number of hydrogen-bond donors (Lipinski definition) is 1. The maximum absolute atomic E-state index is 11.1. The minimum atomic E-state index is -0.548. The fourth-order valence-corrected chi connectivity index (χ4v) is 2.63. The lowest BCUT2D eigenvalue weighted by Crippen LogP contribution is -2.36. The first-order valence-corrected chi connectivity index (χ1v) is 7.62. The zero-order valence-electron chi connectivity index (χ0n) is 12.8. The lowest BCUT2D eigenvalue weighted by atomic mass is 9.98. The molecule has 1 aliphatic heterocycles. The smallest absolute Gasteiger partial charge is 0.267 e. The first-order chi connectivity index (χ1) is 11.2. The Hall–Kier alpha value is -2.70. The molecular weight excluding hydrogens is 294 g/mol. The van der Waals surface area contributed by atoms with Crippen LogP contribution in [-0.4, -0.2) is 40.6 Å². The van der Waals surface area contributed by atoms with Crippen molar-refractivity contribution >= 4 is 11.7 Å². The Labute approximate surface area is 134 Å². The number of pyridine rings is 1. The van der Waals surface area contributed by atoms with Crippen LogP contribution in [0.3, 0.4) is 0 Å². The van der Waals surface area contributed by atoms with Gasteiger partial charge in [-0.15, -0.1) is 0 Å². The summed E-state index contributed by atoms with van der Waals surface area (Å²) in [7, 11) is 0. The predicted molar refractivity (Wildman–Crippen MR) is 85.2 cm³/mol. The predicted octanol–water partition coefficient (Wildman–Crippen LogP) is 1.27. The van der Waals surface area contributed by atoms with Crippen LogP contribution < -0.4 is 15.4 Å². The van der Waals surface area contributed by atoms with Crippen LogP contribution in [0.2, 0.25) is 0 Å². The summed E-state index contributed by atoms with van der Waals surface area (Å²) in [5.41, 5.74) is 5.44. The molecule has 0 radical (unpaired) electrons. The van der Waals surface area contributed by atoms with E-state index in [1.165, 1.54) is 6.20 Å². The monoisotopic (exact) mass is 313 g/mol. The topological polar surface area (TPSA) is 94.2 Å². The van der Waals surface area contributed by atoms with Gasteiger partial charge in [0.2, 0.25) is 0 Å². The van der Waals surface area contributed by atoms with Crippen LogP contribution in [0.5, 0.6) is 5.75 Å². The maximum Gasteiger partial charge on any atom is 0.267 e. The van der Waals surface area contributed by atoms with Crippen LogP contribution in [0.15, 0.2) is 36.9 Å². The van der Waals surface area contributed by atoms with Crippen molar-refractivity contribution < 1.29 is 9.53 Å². The standard InChI is InChI=1S/C16H19N5O2/c17-16(22)14-9-13(1-4-19-14)23-11-12-2-7-21(8-3-12)15-10-18-5-6-20-15/h1,4-6,9-10,12H,2-3,7-8,11H2,(H2,17,22). The molecule has 3 rings (SSSR count). The van der Waals surface area contributed by atoms with Crippen molar-refractivity contribution in [3.63, 3.8) is 0 Å². The van der Waals surface area contributed by atoms with Gasteiger partial charge in [0, 0.05) is 37.7 Å². The molecule has 1 saturated heterocycles. The van der Waals surface area contributed by atoms with E-state index in [4.69, 9.17) is 10.5 Å². The van der Waals surface area contributed by atoms with E-state index in [-0.39, 0.29) is 5.69 Å². The van der Waals surface area contributed by atoms with Gasteiger partial charge in [-0.3, -0.25) is 14.8 Å². The van der Waals surface area contributed by atoms with Gasteiger partial charge in [-0.1, -0.05) is 0 Å². The number of primary amides is 1. The molecule has 2 N–H and O–H groups in total. The largest absolute Gasteiger partial charge is 0.493 e. The molecule has 0 bridgehead atoms. The van der Waals surface area contributed by atoms with E-state index in [0.717, 1.165) is 31.7 Å². The molecule has 2 aromatic heterocycles. The Kier molecular flexibility index (Phi) is 4.65. The first-order valence-electron chi connectivity index (χ1n) is 7.62. The number of carbonyl (C=O) groups is 1. The lowest BCUT2D eigenvalue weighted by Gasteiger charge is -2.32. The second-order valence-electron chi connectivity index (χ2n) is 5.55. The highest BCUT2D eigenvalue weighted by molar-refractivity contribution is 5.91. The Balaban J connectivity index is 1.49. The Morgan fingerprint density at radius 2 is 2.09 bits per heavy atom. The summed E-state index contributed by atoms with van der Waals surface area (Å²) in [5, 5.41) is 0. The molecule has 1 amide bonds. The van der Waals surface area contributed by atoms with Gasteiger partial charge < -0.3 is 15.4 Å². The minimum absolute atomic E-state index is 0.222. The van der Waals surface area contributed by atoms with E-state index in [0.29, 0.717) is 18.3 Å². The summed E-state index contributed by atoms with van der Waals surface area (Å²) in [5.74, 6) is 1.48. The van der Waals surface area contributed by atoms with E-state index in [1.54, 1.807) is 30.7 Å². The van der Waals surface area contributed by atoms with Gasteiger partial charge in [-0.05, 0) is 24.8 Å². The third kappa shape index (κ3) is 3.94. The van der Waals surface area contributed by atoms with E-state index in [9.17, 15) is 4.79 Å². The number of nitrogens with zero attached hydrogens (tertiary/aromatic N) is 4. The number of aromatic nitrogens is 3. The van der Waals surface area contributed by atoms with E-state index >= 15 is 0 Å². The van der Waals surface area contributed by atoms with E-state index in [2.05, 4.69) is 19.9 Å². The molecule has 0 aromatic carbocycles. The molecule has 0 saturated carbocycles. The molecule has 120 valence electrons. The normalized spacial score (nSPS) is 15.4. The number of piperidine rings is 1. The van der Waals surface area contributed by atoms with Gasteiger partial charge in [0.15, 0.2) is 0 Å². The number of amides is 1. The van der Waals surface area contributed by atoms with Gasteiger partial charge in [0.1, 0.15) is 17.3 Å². The highest BCUT2D eigenvalue weighted by Crippen LogP contribution is 2.22. The minimum Gasteiger partial charge on any atom is -0.493 e. The van der Waals surface area contributed by atoms with Crippen molar-refractivity contribution in [3.05, 3.63) is 42.6 Å². The molecular formula is C16H19N5O2. The van der Waals surface area contributed by atoms with Crippen molar-refractivity contribution in [2.75, 3.05) is 24.6 Å². The molecule has 0 spiro atoms. The number of ether oxygens (including phenoxy) is 1. The van der Waals surface area contributed by atoms with Crippen molar-refractivity contribution in [2.24, 2.45) is 11.7 Å². The average Bonchev–Trinajstić information content (AvgIpc) is 2.61. The number of nitrogens with two attached hydrogens (primary N) is 1. The summed E-state index contributed by atoms with van der Waals surface area (Å²) >= 11 is 0. The van der Waals surface area contributed by atoms with Crippen molar-refractivity contribution in [1.82, 2.24) is 15.0 Å². The Bertz CT molecular complexity index is 657. The molecule has 0 atom stereocenters. The highest BCUT2D eigenvalue weighted by Gasteiger charge is 2.20. The van der Waals surface area contributed by atoms with Gasteiger partial charge in [0.05, 0.1) is 12.8 Å². The fraction of sp³-hybridized carbons (Fsp3) is 0.375. The summed E-state index contributed by atoms with van der Waals surface area (Å²) in [4.78, 5) is 25.7. The fourth-order valence-electron chi connectivity index (χ4n) is 2.63. The molecule has 7 heteroatoms. The van der Waals surface area contributed by atoms with Crippen LogP contribution >= 0.6 is 0 Å². The summed E-state index contributed by atoms with van der Waals surface area (Å²) in [6.45, 7) is 2.50. The first kappa shape index (κ1) is 15.2. The molecule has 1 fully saturated rings. The molecule has 0 unspecified atom stereocenters. The number of hydrogen-bond acceptors (Lipinski definition) is 6. The molecule has 1 aliphatic rings. The second-order valence-corrected chi connectivity index (χ2v) is 5.55. The molecule has 23 heavy (non-hydrogen) atoms. The third-order valence-electron chi connectivity index (χ3n) is 3.96. The SMILES string of the molecule is NC(=O)c1cc(OCC2CCN(c3cnccn3)CC2)ccn1. The quantitative estimate of drug-likeness (QED) is 0.893. The van der Waals surface area contributed by atoms with Crippen molar-refractivity contribution in [2.45, 2.75) is 12.8 Å². The molecule has 3 heterocycles. The summed E-state index contributed by atoms with van der Waals surface area (Å²) in [6, 6.07) is 3.32. The molecule has 7 nitrogen and oxygen atoms in total. The Morgan fingerprint density at radius 1 is 1.26 bits per heavy atom. The second kappa shape index (κ2) is 7.04. The van der Waals surface area contributed by atoms with Crippen LogP contribution in [0.4, 0.5) is 5.82 Å². The van der Waals surface area contributed by atoms with Crippen LogP contribution in [0, 0.1) is 5.92 Å². The average molecular weight is 313 g/mol. The zero-order valence-corrected chi connectivity index (χ0v) is 12.8. The van der Waals surface area contributed by atoms with Crippen LogP contribution in [0.1, 0.15) is 23.3 Å². The van der Waals surface area contributed by atoms with Gasteiger partial charge in [-0.25, -0.2) is 4.98 Å². The highest BCUT2D eigenvalue weighted by atomic mass is 16.5. The zero-order chi connectivity index (χ0) is 16.1. The number of rotatable bonds is 5. The Morgan fingerprint density at radius 3 is 2.78 bits per heavy atom. The summed E-state index contributed by atoms with van der Waals surface area (Å²) in [6.07, 6.45) is 8.78. The van der Waals surface area contributed by atoms with Crippen LogP contribution in [0.25, 0.3) is 0 Å². The van der Waals surface area contributed by atoms with Crippen LogP contribution in [-0.2, 0) is 0 Å². The van der Waals surface area contributed by atoms with Gasteiger partial charge in [0.25, 0.3) is 5.91 Å². The molecule has 0 aliphatic carbocycles. The van der Waals surface area contributed by atoms with Gasteiger partial charge in [-0.2, -0.15) is 0 Å². The van der Waals surface area contributed by atoms with E-state index < -0.39 is 5.91 Å². The molecule has 2 aromatic rings.